The van der Waals surface area contributed by atoms with Gasteiger partial charge in [0.15, 0.2) is 0 Å². The zero-order valence-corrected chi connectivity index (χ0v) is 6.14. The molecule has 0 fully saturated rings. The zero-order valence-electron chi connectivity index (χ0n) is 4.05. The molecule has 0 aliphatic rings. The molecule has 0 aliphatic heterocycles. The molecule has 0 N–H and O–H groups in total. The maximum absolute atomic E-state index is 2.89. The van der Waals surface area contributed by atoms with Gasteiger partial charge in [-0.3, -0.25) is 0 Å². The van der Waals surface area contributed by atoms with Crippen LogP contribution in [-0.4, -0.2) is 0 Å². The van der Waals surface area contributed by atoms with Crippen LogP contribution >= 0.6 is 0 Å². The molecule has 1 rings (SSSR count). The molecule has 0 heterocycles. The minimum Gasteiger partial charge on any atom is -0.184 e. The van der Waals surface area contributed by atoms with Crippen LogP contribution in [0.4, 0.5) is 0 Å². The molecule has 0 atom stereocenters. The quantitative estimate of drug-likeness (QED) is 0.550. The molecule has 8 heavy (non-hydrogen) atoms. The molecule has 0 saturated heterocycles. The normalized spacial score (nSPS) is 6.00. The van der Waals surface area contributed by atoms with Gasteiger partial charge >= 0.3 is 0 Å². The number of hydrogen-bond donors (Lipinski definition) is 0. The summed E-state index contributed by atoms with van der Waals surface area (Å²) in [7, 11) is 0. The van der Waals surface area contributed by atoms with E-state index in [1.54, 1.807) is 0 Å². The predicted octanol–water partition coefficient (Wildman–Crippen LogP) is 1.48. The molecule has 0 spiro atoms. The summed E-state index contributed by atoms with van der Waals surface area (Å²) in [5.41, 5.74) is 0. The van der Waals surface area contributed by atoms with Crippen LogP contribution in [-0.2, 0) is 33.6 Å². The molecule has 0 unspecified atom stereocenters. The first-order valence-electron chi connectivity index (χ1n) is 1.91. The van der Waals surface area contributed by atoms with Crippen LogP contribution < -0.4 is 0 Å². The van der Waals surface area contributed by atoms with Crippen molar-refractivity contribution in [3.05, 3.63) is 36.4 Å². The third-order valence-electron chi connectivity index (χ3n) is 0.607. The fourth-order valence-electron chi connectivity index (χ4n) is 0.342. The van der Waals surface area contributed by atoms with Crippen LogP contribution in [0.15, 0.2) is 30.3 Å². The first kappa shape index (κ1) is 11.1. The molecular formula is C6H5Co2-. The van der Waals surface area contributed by atoms with E-state index in [2.05, 4.69) is 6.07 Å². The van der Waals surface area contributed by atoms with Crippen molar-refractivity contribution in [3.63, 3.8) is 0 Å². The van der Waals surface area contributed by atoms with Gasteiger partial charge in [-0.25, -0.2) is 0 Å². The average molecular weight is 195 g/mol. The predicted molar refractivity (Wildman–Crippen MR) is 25.3 cm³/mol. The standard InChI is InChI=1S/C6H5.2Co/c1-2-4-6-5-3-1;;/h1-5H;;/q-1;;. The first-order chi connectivity index (χ1) is 3.00. The van der Waals surface area contributed by atoms with Gasteiger partial charge in [0.05, 0.1) is 0 Å². The van der Waals surface area contributed by atoms with E-state index < -0.39 is 0 Å². The minimum absolute atomic E-state index is 0. The van der Waals surface area contributed by atoms with Gasteiger partial charge in [0.2, 0.25) is 0 Å². The van der Waals surface area contributed by atoms with E-state index in [1.807, 2.05) is 30.3 Å². The van der Waals surface area contributed by atoms with Gasteiger partial charge in [-0.15, -0.1) is 0 Å². The van der Waals surface area contributed by atoms with E-state index >= 15 is 0 Å². The van der Waals surface area contributed by atoms with Crippen LogP contribution in [0.2, 0.25) is 0 Å². The summed E-state index contributed by atoms with van der Waals surface area (Å²) in [4.78, 5) is 0. The Morgan fingerprint density at radius 2 is 1.25 bits per heavy atom. The van der Waals surface area contributed by atoms with E-state index in [-0.39, 0.29) is 33.6 Å². The zero-order chi connectivity index (χ0) is 4.24. The van der Waals surface area contributed by atoms with Crippen molar-refractivity contribution in [2.24, 2.45) is 0 Å². The fraction of sp³-hybridized carbons (Fsp3) is 0. The van der Waals surface area contributed by atoms with Gasteiger partial charge in [0, 0.05) is 33.6 Å². The summed E-state index contributed by atoms with van der Waals surface area (Å²) in [6, 6.07) is 12.5. The maximum Gasteiger partial charge on any atom is 0 e. The van der Waals surface area contributed by atoms with Crippen molar-refractivity contribution in [1.82, 2.24) is 0 Å². The van der Waals surface area contributed by atoms with E-state index in [4.69, 9.17) is 0 Å². The molecule has 0 saturated carbocycles. The first-order valence-corrected chi connectivity index (χ1v) is 1.91. The van der Waals surface area contributed by atoms with Crippen molar-refractivity contribution >= 4 is 0 Å². The molecule has 0 bridgehead atoms. The molecule has 0 aliphatic carbocycles. The molecule has 0 aromatic heterocycles. The van der Waals surface area contributed by atoms with Crippen molar-refractivity contribution in [2.45, 2.75) is 0 Å². The minimum atomic E-state index is 0. The number of hydrogen-bond acceptors (Lipinski definition) is 0. The Labute approximate surface area is 70.1 Å². The molecule has 0 amide bonds. The third-order valence-corrected chi connectivity index (χ3v) is 0.607. The number of benzene rings is 1. The van der Waals surface area contributed by atoms with Gasteiger partial charge < -0.3 is 0 Å². The van der Waals surface area contributed by atoms with Crippen LogP contribution in [0.5, 0.6) is 0 Å². The SMILES string of the molecule is [Co].[Co].[c-]1ccccc1. The molecule has 1 aromatic rings. The van der Waals surface area contributed by atoms with Crippen LogP contribution in [0.25, 0.3) is 0 Å². The summed E-state index contributed by atoms with van der Waals surface area (Å²) in [6.45, 7) is 0. The molecule has 2 heteroatoms. The van der Waals surface area contributed by atoms with E-state index in [1.165, 1.54) is 0 Å². The largest absolute Gasteiger partial charge is 0.184 e. The summed E-state index contributed by atoms with van der Waals surface area (Å²) in [6.07, 6.45) is 0. The second kappa shape index (κ2) is 7.23. The molecule has 1 aromatic carbocycles. The molecule has 2 radical (unpaired) electrons. The summed E-state index contributed by atoms with van der Waals surface area (Å²) < 4.78 is 0. The average Bonchev–Trinajstić information content (AvgIpc) is 1.72. The van der Waals surface area contributed by atoms with Crippen molar-refractivity contribution in [2.75, 3.05) is 0 Å². The van der Waals surface area contributed by atoms with Crippen molar-refractivity contribution < 1.29 is 33.6 Å². The molecule has 48 valence electrons. The fourth-order valence-corrected chi connectivity index (χ4v) is 0.342. The van der Waals surface area contributed by atoms with Gasteiger partial charge in [-0.2, -0.15) is 36.4 Å². The van der Waals surface area contributed by atoms with E-state index in [0.717, 1.165) is 0 Å². The van der Waals surface area contributed by atoms with E-state index in [0.29, 0.717) is 0 Å². The smallest absolute Gasteiger partial charge is 0 e. The van der Waals surface area contributed by atoms with Gasteiger partial charge in [-0.1, -0.05) is 0 Å². The monoisotopic (exact) mass is 195 g/mol. The number of rotatable bonds is 0. The molecule has 0 nitrogen and oxygen atoms in total. The summed E-state index contributed by atoms with van der Waals surface area (Å²) in [5, 5.41) is 0. The van der Waals surface area contributed by atoms with Crippen molar-refractivity contribution in [3.8, 4) is 0 Å². The van der Waals surface area contributed by atoms with Crippen LogP contribution in [0.1, 0.15) is 0 Å². The summed E-state index contributed by atoms with van der Waals surface area (Å²) >= 11 is 0. The Balaban J connectivity index is 0. The second-order valence-electron chi connectivity index (χ2n) is 1.08. The van der Waals surface area contributed by atoms with Gasteiger partial charge in [0.1, 0.15) is 0 Å². The topological polar surface area (TPSA) is 0 Å². The van der Waals surface area contributed by atoms with Gasteiger partial charge in [-0.05, 0) is 0 Å². The second-order valence-corrected chi connectivity index (χ2v) is 1.08. The Morgan fingerprint density at radius 1 is 0.750 bits per heavy atom. The molecular weight excluding hydrogens is 190 g/mol. The third kappa shape index (κ3) is 4.39. The van der Waals surface area contributed by atoms with Crippen LogP contribution in [0.3, 0.4) is 0 Å². The Bertz CT molecular complexity index is 78.5. The van der Waals surface area contributed by atoms with Crippen LogP contribution in [0, 0.1) is 6.07 Å². The van der Waals surface area contributed by atoms with Crippen molar-refractivity contribution in [1.29, 1.82) is 0 Å². The maximum atomic E-state index is 2.89. The Hall–Kier alpha value is 0.233. The Kier molecular flexibility index (Phi) is 10.0. The van der Waals surface area contributed by atoms with Gasteiger partial charge in [0.25, 0.3) is 0 Å². The van der Waals surface area contributed by atoms with E-state index in [9.17, 15) is 0 Å². The summed E-state index contributed by atoms with van der Waals surface area (Å²) in [5.74, 6) is 0. The Morgan fingerprint density at radius 3 is 1.38 bits per heavy atom.